The molecule has 0 aromatic carbocycles. The maximum absolute atomic E-state index is 13.1. The molecular formula is C26H32ClN5O3. The maximum Gasteiger partial charge on any atom is 0.265 e. The first-order valence-electron chi connectivity index (χ1n) is 12.3. The Labute approximate surface area is 210 Å². The van der Waals surface area contributed by atoms with Crippen molar-refractivity contribution in [3.05, 3.63) is 34.7 Å². The summed E-state index contributed by atoms with van der Waals surface area (Å²) in [5.74, 6) is 0.824. The van der Waals surface area contributed by atoms with E-state index in [0.717, 1.165) is 48.9 Å². The number of anilines is 1. The Kier molecular flexibility index (Phi) is 5.90. The second kappa shape index (κ2) is 8.66. The van der Waals surface area contributed by atoms with Gasteiger partial charge in [-0.05, 0) is 61.5 Å². The largest absolute Gasteiger partial charge is 0.364 e. The zero-order chi connectivity index (χ0) is 25.1. The minimum absolute atomic E-state index is 0.00554. The third-order valence-electron chi connectivity index (χ3n) is 7.88. The van der Waals surface area contributed by atoms with Gasteiger partial charge in [0.2, 0.25) is 11.8 Å². The maximum atomic E-state index is 13.1. The van der Waals surface area contributed by atoms with Crippen molar-refractivity contribution in [1.82, 2.24) is 14.9 Å². The van der Waals surface area contributed by atoms with Crippen molar-refractivity contribution in [1.29, 1.82) is 0 Å². The fraction of sp³-hybridized carbons (Fsp3) is 0.538. The van der Waals surface area contributed by atoms with Gasteiger partial charge in [0.05, 0.1) is 5.02 Å². The van der Waals surface area contributed by atoms with E-state index < -0.39 is 5.91 Å². The Hall–Kier alpha value is -2.87. The molecule has 3 amide bonds. The highest BCUT2D eigenvalue weighted by Gasteiger charge is 2.44. The monoisotopic (exact) mass is 497 g/mol. The van der Waals surface area contributed by atoms with Gasteiger partial charge in [-0.2, -0.15) is 0 Å². The lowest BCUT2D eigenvalue weighted by Crippen LogP contribution is -2.31. The van der Waals surface area contributed by atoms with Crippen LogP contribution in [0.5, 0.6) is 0 Å². The van der Waals surface area contributed by atoms with Crippen molar-refractivity contribution in [3.63, 3.8) is 0 Å². The molecule has 1 aliphatic heterocycles. The van der Waals surface area contributed by atoms with Crippen LogP contribution in [0.2, 0.25) is 5.02 Å². The topological polar surface area (TPSA) is 119 Å². The zero-order valence-electron chi connectivity index (χ0n) is 20.4. The van der Waals surface area contributed by atoms with Crippen molar-refractivity contribution in [2.24, 2.45) is 28.9 Å². The summed E-state index contributed by atoms with van der Waals surface area (Å²) in [4.78, 5) is 40.9. The minimum Gasteiger partial charge on any atom is -0.364 e. The fourth-order valence-corrected chi connectivity index (χ4v) is 6.72. The first kappa shape index (κ1) is 23.9. The standard InChI is InChI=1S/C26H32ClN5O3/c1-13(33)30-17-6-14-4-16(5-15(14)7-17)25(35)31-23-9-18(20(27)11-29-23)19-8-21(24(28)34)32-12-26(2,3)10-22(19)32/h8-9,11,14-17H,4-7,10,12H2,1-3H3,(H2,28,34)(H,30,33)(H,29,31,35)/t14-,15+,16-,17-. The van der Waals surface area contributed by atoms with Crippen LogP contribution in [0, 0.1) is 23.2 Å². The number of primary amides is 1. The van der Waals surface area contributed by atoms with E-state index >= 15 is 0 Å². The SMILES string of the molecule is CC(=O)N[C@H]1C[C@@H]2C[C@H](C(=O)Nc3cc(-c4cc(C(N)=O)n5c4CC(C)(C)C5)c(Cl)cn3)C[C@@H]2C1. The number of halogens is 1. The molecule has 0 unspecified atom stereocenters. The van der Waals surface area contributed by atoms with Crippen LogP contribution in [0.25, 0.3) is 11.1 Å². The molecule has 2 aromatic rings. The Morgan fingerprint density at radius 1 is 1.11 bits per heavy atom. The first-order valence-corrected chi connectivity index (χ1v) is 12.6. The lowest BCUT2D eigenvalue weighted by atomic mass is 9.89. The quantitative estimate of drug-likeness (QED) is 0.582. The Morgan fingerprint density at radius 2 is 1.80 bits per heavy atom. The molecule has 0 saturated heterocycles. The van der Waals surface area contributed by atoms with Gasteiger partial charge in [-0.1, -0.05) is 25.4 Å². The van der Waals surface area contributed by atoms with Crippen LogP contribution in [-0.4, -0.2) is 33.3 Å². The summed E-state index contributed by atoms with van der Waals surface area (Å²) in [5, 5.41) is 6.47. The number of nitrogens with two attached hydrogens (primary N) is 1. The highest BCUT2D eigenvalue weighted by Crippen LogP contribution is 2.47. The average Bonchev–Trinajstić information content (AvgIpc) is 3.46. The third-order valence-corrected chi connectivity index (χ3v) is 8.19. The summed E-state index contributed by atoms with van der Waals surface area (Å²) in [6, 6.07) is 3.81. The summed E-state index contributed by atoms with van der Waals surface area (Å²) >= 11 is 6.54. The number of fused-ring (bicyclic) bond motifs is 2. The van der Waals surface area contributed by atoms with Gasteiger partial charge in [0.15, 0.2) is 0 Å². The number of pyridine rings is 1. The number of hydrogen-bond acceptors (Lipinski definition) is 4. The third kappa shape index (κ3) is 4.56. The van der Waals surface area contributed by atoms with Crippen LogP contribution in [0.3, 0.4) is 0 Å². The molecule has 186 valence electrons. The van der Waals surface area contributed by atoms with Gasteiger partial charge in [0.1, 0.15) is 11.5 Å². The van der Waals surface area contributed by atoms with Crippen LogP contribution in [0.1, 0.15) is 62.6 Å². The molecule has 2 fully saturated rings. The van der Waals surface area contributed by atoms with Crippen LogP contribution in [-0.2, 0) is 22.6 Å². The van der Waals surface area contributed by atoms with E-state index in [-0.39, 0.29) is 29.2 Å². The molecule has 3 heterocycles. The number of hydrogen-bond donors (Lipinski definition) is 3. The number of nitrogens with zero attached hydrogens (tertiary/aromatic N) is 2. The van der Waals surface area contributed by atoms with Crippen molar-refractivity contribution in [2.45, 2.75) is 65.5 Å². The van der Waals surface area contributed by atoms with Gasteiger partial charge in [-0.25, -0.2) is 4.98 Å². The van der Waals surface area contributed by atoms with Gasteiger partial charge in [0.25, 0.3) is 5.91 Å². The van der Waals surface area contributed by atoms with Crippen LogP contribution in [0.4, 0.5) is 5.82 Å². The highest BCUT2D eigenvalue weighted by molar-refractivity contribution is 6.33. The molecule has 0 spiro atoms. The van der Waals surface area contributed by atoms with Crippen LogP contribution in [0.15, 0.2) is 18.3 Å². The van der Waals surface area contributed by atoms with E-state index in [4.69, 9.17) is 17.3 Å². The van der Waals surface area contributed by atoms with E-state index in [2.05, 4.69) is 29.5 Å². The molecule has 2 aromatic heterocycles. The normalized spacial score (nSPS) is 26.3. The van der Waals surface area contributed by atoms with Crippen molar-refractivity contribution >= 4 is 35.1 Å². The molecule has 3 aliphatic rings. The highest BCUT2D eigenvalue weighted by atomic mass is 35.5. The van der Waals surface area contributed by atoms with E-state index in [1.165, 1.54) is 0 Å². The summed E-state index contributed by atoms with van der Waals surface area (Å²) < 4.78 is 1.98. The van der Waals surface area contributed by atoms with Crippen molar-refractivity contribution in [2.75, 3.05) is 5.32 Å². The Morgan fingerprint density at radius 3 is 2.43 bits per heavy atom. The molecule has 2 aliphatic carbocycles. The fourth-order valence-electron chi connectivity index (χ4n) is 6.51. The molecule has 0 bridgehead atoms. The number of aromatic nitrogens is 2. The number of nitrogens with one attached hydrogen (secondary N) is 2. The summed E-state index contributed by atoms with van der Waals surface area (Å²) in [6.07, 6.45) is 5.88. The Bertz CT molecular complexity index is 1210. The lowest BCUT2D eigenvalue weighted by molar-refractivity contribution is -0.121. The van der Waals surface area contributed by atoms with Gasteiger partial charge in [0, 0.05) is 48.4 Å². The predicted octanol–water partition coefficient (Wildman–Crippen LogP) is 3.76. The van der Waals surface area contributed by atoms with E-state index in [1.54, 1.807) is 25.3 Å². The average molecular weight is 498 g/mol. The van der Waals surface area contributed by atoms with E-state index in [9.17, 15) is 14.4 Å². The van der Waals surface area contributed by atoms with Crippen molar-refractivity contribution in [3.8, 4) is 11.1 Å². The number of rotatable bonds is 5. The molecule has 9 heteroatoms. The predicted molar refractivity (Wildman–Crippen MR) is 134 cm³/mol. The minimum atomic E-state index is -0.471. The van der Waals surface area contributed by atoms with Gasteiger partial charge in [-0.3, -0.25) is 14.4 Å². The number of carbonyl (C=O) groups is 3. The Balaban J connectivity index is 1.33. The molecule has 8 nitrogen and oxygen atoms in total. The molecule has 4 N–H and O–H groups in total. The van der Waals surface area contributed by atoms with Crippen LogP contribution < -0.4 is 16.4 Å². The van der Waals surface area contributed by atoms with Crippen LogP contribution >= 0.6 is 11.6 Å². The van der Waals surface area contributed by atoms with Gasteiger partial charge in [-0.15, -0.1) is 0 Å². The molecular weight excluding hydrogens is 466 g/mol. The van der Waals surface area contributed by atoms with Gasteiger partial charge >= 0.3 is 0 Å². The van der Waals surface area contributed by atoms with E-state index in [1.807, 2.05) is 4.57 Å². The second-order valence-electron chi connectivity index (χ2n) is 11.3. The number of amides is 3. The summed E-state index contributed by atoms with van der Waals surface area (Å²) in [5.41, 5.74) is 8.73. The smallest absolute Gasteiger partial charge is 0.265 e. The molecule has 0 radical (unpaired) electrons. The summed E-state index contributed by atoms with van der Waals surface area (Å²) in [6.45, 7) is 6.57. The first-order chi connectivity index (χ1) is 16.5. The molecule has 2 saturated carbocycles. The van der Waals surface area contributed by atoms with Gasteiger partial charge < -0.3 is 20.9 Å². The van der Waals surface area contributed by atoms with E-state index in [0.29, 0.717) is 34.9 Å². The molecule has 5 rings (SSSR count). The zero-order valence-corrected chi connectivity index (χ0v) is 21.1. The molecule has 35 heavy (non-hydrogen) atoms. The van der Waals surface area contributed by atoms with Crippen molar-refractivity contribution < 1.29 is 14.4 Å². The lowest BCUT2D eigenvalue weighted by Gasteiger charge is -2.16. The number of carbonyl (C=O) groups excluding carboxylic acids is 3. The second-order valence-corrected chi connectivity index (χ2v) is 11.7. The molecule has 4 atom stereocenters. The summed E-state index contributed by atoms with van der Waals surface area (Å²) in [7, 11) is 0.